The first-order chi connectivity index (χ1) is 5.56. The number of pyridine rings is 1. The van der Waals surface area contributed by atoms with Crippen LogP contribution in [-0.4, -0.2) is 11.3 Å². The number of nitrogens with zero attached hydrogens (tertiary/aromatic N) is 1. The Hall–Kier alpha value is -0.890. The lowest BCUT2D eigenvalue weighted by molar-refractivity contribution is -0.111. The Morgan fingerprint density at radius 2 is 2.17 bits per heavy atom. The highest BCUT2D eigenvalue weighted by molar-refractivity contribution is 6.29. The van der Waals surface area contributed by atoms with Crippen molar-refractivity contribution in [1.82, 2.24) is 4.98 Å². The summed E-state index contributed by atoms with van der Waals surface area (Å²) in [5.41, 5.74) is 0.402. The zero-order valence-corrected chi connectivity index (χ0v) is 7.80. The molecule has 0 bridgehead atoms. The standard InChI is InChI=1S/C9H10ClNO/c1-9(2,6-12)7-3-4-8(10)11-5-7/h3-6H,1-2H3. The van der Waals surface area contributed by atoms with Crippen molar-refractivity contribution < 1.29 is 4.79 Å². The fourth-order valence-corrected chi connectivity index (χ4v) is 0.937. The van der Waals surface area contributed by atoms with Crippen molar-refractivity contribution in [2.24, 2.45) is 0 Å². The largest absolute Gasteiger partial charge is 0.302 e. The number of halogens is 1. The van der Waals surface area contributed by atoms with E-state index in [2.05, 4.69) is 4.98 Å². The molecule has 0 saturated carbocycles. The van der Waals surface area contributed by atoms with Crippen LogP contribution in [0.4, 0.5) is 0 Å². The van der Waals surface area contributed by atoms with Crippen molar-refractivity contribution in [3.05, 3.63) is 29.0 Å². The van der Waals surface area contributed by atoms with Gasteiger partial charge in [-0.25, -0.2) is 4.98 Å². The van der Waals surface area contributed by atoms with E-state index >= 15 is 0 Å². The van der Waals surface area contributed by atoms with Crippen molar-refractivity contribution in [3.63, 3.8) is 0 Å². The van der Waals surface area contributed by atoms with E-state index in [0.717, 1.165) is 11.8 Å². The second kappa shape index (κ2) is 3.23. The summed E-state index contributed by atoms with van der Waals surface area (Å²) >= 11 is 5.61. The van der Waals surface area contributed by atoms with Gasteiger partial charge in [-0.2, -0.15) is 0 Å². The molecule has 1 heterocycles. The molecular weight excluding hydrogens is 174 g/mol. The van der Waals surface area contributed by atoms with Gasteiger partial charge < -0.3 is 4.79 Å². The first-order valence-electron chi connectivity index (χ1n) is 3.64. The molecule has 0 atom stereocenters. The number of hydrogen-bond donors (Lipinski definition) is 0. The number of aldehydes is 1. The fraction of sp³-hybridized carbons (Fsp3) is 0.333. The van der Waals surface area contributed by atoms with Gasteiger partial charge in [-0.15, -0.1) is 0 Å². The Morgan fingerprint density at radius 3 is 2.58 bits per heavy atom. The van der Waals surface area contributed by atoms with Crippen molar-refractivity contribution in [1.29, 1.82) is 0 Å². The Morgan fingerprint density at radius 1 is 1.50 bits per heavy atom. The average Bonchev–Trinajstić information content (AvgIpc) is 2.05. The Kier molecular flexibility index (Phi) is 2.48. The lowest BCUT2D eigenvalue weighted by Gasteiger charge is -2.16. The van der Waals surface area contributed by atoms with Gasteiger partial charge in [0, 0.05) is 11.6 Å². The normalized spacial score (nSPS) is 11.2. The molecule has 0 aliphatic heterocycles. The van der Waals surface area contributed by atoms with Gasteiger partial charge in [-0.1, -0.05) is 17.7 Å². The highest BCUT2D eigenvalue weighted by Crippen LogP contribution is 2.20. The van der Waals surface area contributed by atoms with Crippen LogP contribution in [0.1, 0.15) is 19.4 Å². The monoisotopic (exact) mass is 183 g/mol. The number of aromatic nitrogens is 1. The van der Waals surface area contributed by atoms with Gasteiger partial charge in [0.2, 0.25) is 0 Å². The summed E-state index contributed by atoms with van der Waals surface area (Å²) in [4.78, 5) is 14.6. The smallest absolute Gasteiger partial charge is 0.130 e. The second-order valence-electron chi connectivity index (χ2n) is 3.21. The maximum absolute atomic E-state index is 10.7. The van der Waals surface area contributed by atoms with Crippen LogP contribution < -0.4 is 0 Å². The molecular formula is C9H10ClNO. The van der Waals surface area contributed by atoms with Crippen LogP contribution in [0.3, 0.4) is 0 Å². The van der Waals surface area contributed by atoms with Gasteiger partial charge >= 0.3 is 0 Å². The van der Waals surface area contributed by atoms with Crippen LogP contribution in [-0.2, 0) is 10.2 Å². The molecule has 64 valence electrons. The van der Waals surface area contributed by atoms with Crippen molar-refractivity contribution >= 4 is 17.9 Å². The van der Waals surface area contributed by atoms with Gasteiger partial charge in [0.1, 0.15) is 11.4 Å². The topological polar surface area (TPSA) is 30.0 Å². The predicted molar refractivity (Wildman–Crippen MR) is 48.3 cm³/mol. The lowest BCUT2D eigenvalue weighted by atomic mass is 9.88. The Bertz CT molecular complexity index is 279. The molecule has 1 aromatic heterocycles. The molecule has 0 fully saturated rings. The maximum Gasteiger partial charge on any atom is 0.130 e. The molecule has 0 amide bonds. The van der Waals surface area contributed by atoms with E-state index in [4.69, 9.17) is 11.6 Å². The minimum Gasteiger partial charge on any atom is -0.302 e. The molecule has 0 radical (unpaired) electrons. The average molecular weight is 184 g/mol. The number of hydrogen-bond acceptors (Lipinski definition) is 2. The highest BCUT2D eigenvalue weighted by atomic mass is 35.5. The zero-order valence-electron chi connectivity index (χ0n) is 7.04. The van der Waals surface area contributed by atoms with Gasteiger partial charge in [0.15, 0.2) is 0 Å². The van der Waals surface area contributed by atoms with E-state index < -0.39 is 5.41 Å². The number of carbonyl (C=O) groups excluding carboxylic acids is 1. The zero-order chi connectivity index (χ0) is 9.19. The molecule has 0 spiro atoms. The van der Waals surface area contributed by atoms with E-state index in [1.807, 2.05) is 19.9 Å². The molecule has 0 aromatic carbocycles. The molecule has 0 saturated heterocycles. The Balaban J connectivity index is 3.04. The van der Waals surface area contributed by atoms with Gasteiger partial charge in [0.05, 0.1) is 0 Å². The van der Waals surface area contributed by atoms with Crippen LogP contribution >= 0.6 is 11.6 Å². The molecule has 12 heavy (non-hydrogen) atoms. The van der Waals surface area contributed by atoms with Crippen LogP contribution in [0.25, 0.3) is 0 Å². The summed E-state index contributed by atoms with van der Waals surface area (Å²) in [5, 5.41) is 0.445. The summed E-state index contributed by atoms with van der Waals surface area (Å²) < 4.78 is 0. The van der Waals surface area contributed by atoms with Crippen LogP contribution in [0.15, 0.2) is 18.3 Å². The summed E-state index contributed by atoms with van der Waals surface area (Å²) in [6.07, 6.45) is 2.52. The highest BCUT2D eigenvalue weighted by Gasteiger charge is 2.19. The number of rotatable bonds is 2. The number of carbonyl (C=O) groups is 1. The summed E-state index contributed by atoms with van der Waals surface area (Å²) in [6, 6.07) is 3.49. The second-order valence-corrected chi connectivity index (χ2v) is 3.60. The fourth-order valence-electron chi connectivity index (χ4n) is 0.825. The van der Waals surface area contributed by atoms with E-state index in [9.17, 15) is 4.79 Å². The quantitative estimate of drug-likeness (QED) is 0.520. The third-order valence-corrected chi connectivity index (χ3v) is 1.99. The molecule has 0 N–H and O–H groups in total. The van der Waals surface area contributed by atoms with Crippen molar-refractivity contribution in [2.75, 3.05) is 0 Å². The van der Waals surface area contributed by atoms with Crippen LogP contribution in [0, 0.1) is 0 Å². The molecule has 0 unspecified atom stereocenters. The van der Waals surface area contributed by atoms with E-state index in [1.165, 1.54) is 0 Å². The van der Waals surface area contributed by atoms with Crippen molar-refractivity contribution in [2.45, 2.75) is 19.3 Å². The third-order valence-electron chi connectivity index (χ3n) is 1.77. The summed E-state index contributed by atoms with van der Waals surface area (Å²) in [6.45, 7) is 3.68. The van der Waals surface area contributed by atoms with E-state index in [0.29, 0.717) is 5.15 Å². The van der Waals surface area contributed by atoms with E-state index in [-0.39, 0.29) is 0 Å². The summed E-state index contributed by atoms with van der Waals surface area (Å²) in [5.74, 6) is 0. The van der Waals surface area contributed by atoms with Crippen molar-refractivity contribution in [3.8, 4) is 0 Å². The van der Waals surface area contributed by atoms with Crippen LogP contribution in [0.2, 0.25) is 5.15 Å². The van der Waals surface area contributed by atoms with Gasteiger partial charge in [-0.3, -0.25) is 0 Å². The summed E-state index contributed by atoms with van der Waals surface area (Å²) in [7, 11) is 0. The first kappa shape index (κ1) is 9.20. The molecule has 1 aromatic rings. The minimum atomic E-state index is -0.475. The lowest BCUT2D eigenvalue weighted by Crippen LogP contribution is -2.18. The molecule has 2 nitrogen and oxygen atoms in total. The molecule has 1 rings (SSSR count). The molecule has 3 heteroatoms. The predicted octanol–water partition coefficient (Wildman–Crippen LogP) is 2.21. The van der Waals surface area contributed by atoms with Gasteiger partial charge in [-0.05, 0) is 25.5 Å². The SMILES string of the molecule is CC(C)(C=O)c1ccc(Cl)nc1. The third kappa shape index (κ3) is 1.83. The van der Waals surface area contributed by atoms with E-state index in [1.54, 1.807) is 12.3 Å². The van der Waals surface area contributed by atoms with Crippen LogP contribution in [0.5, 0.6) is 0 Å². The first-order valence-corrected chi connectivity index (χ1v) is 4.02. The Labute approximate surface area is 76.6 Å². The van der Waals surface area contributed by atoms with Gasteiger partial charge in [0.25, 0.3) is 0 Å². The minimum absolute atomic E-state index is 0.445. The molecule has 0 aliphatic carbocycles. The maximum atomic E-state index is 10.7. The molecule has 0 aliphatic rings.